The smallest absolute Gasteiger partial charge is 0.351 e. The SMILES string of the molecule is CCc1cn(C(N)=O)c2ccc(C(F)(F)F)nc12. The minimum atomic E-state index is -4.51. The molecule has 0 unspecified atom stereocenters. The van der Waals surface area contributed by atoms with Crippen molar-refractivity contribution in [1.29, 1.82) is 0 Å². The molecular weight excluding hydrogens is 247 g/mol. The summed E-state index contributed by atoms with van der Waals surface area (Å²) in [5.74, 6) is 0. The molecule has 2 N–H and O–H groups in total. The number of pyridine rings is 1. The molecule has 0 radical (unpaired) electrons. The van der Waals surface area contributed by atoms with Gasteiger partial charge in [-0.05, 0) is 24.1 Å². The molecule has 4 nitrogen and oxygen atoms in total. The summed E-state index contributed by atoms with van der Waals surface area (Å²) in [4.78, 5) is 14.7. The molecule has 0 aliphatic carbocycles. The van der Waals surface area contributed by atoms with Crippen LogP contribution in [0.15, 0.2) is 18.3 Å². The van der Waals surface area contributed by atoms with Crippen LogP contribution in [0.2, 0.25) is 0 Å². The maximum atomic E-state index is 12.6. The van der Waals surface area contributed by atoms with Crippen LogP contribution in [-0.4, -0.2) is 15.6 Å². The van der Waals surface area contributed by atoms with Crippen molar-refractivity contribution in [2.45, 2.75) is 19.5 Å². The van der Waals surface area contributed by atoms with E-state index in [0.717, 1.165) is 10.6 Å². The molecule has 7 heteroatoms. The van der Waals surface area contributed by atoms with Gasteiger partial charge in [-0.3, -0.25) is 4.57 Å². The largest absolute Gasteiger partial charge is 0.433 e. The zero-order valence-corrected chi connectivity index (χ0v) is 9.45. The van der Waals surface area contributed by atoms with Crippen molar-refractivity contribution in [2.24, 2.45) is 5.73 Å². The van der Waals surface area contributed by atoms with Gasteiger partial charge in [-0.2, -0.15) is 13.2 Å². The number of nitrogens with two attached hydrogens (primary N) is 1. The van der Waals surface area contributed by atoms with Crippen LogP contribution in [0.25, 0.3) is 11.0 Å². The van der Waals surface area contributed by atoms with E-state index in [4.69, 9.17) is 5.73 Å². The fourth-order valence-electron chi connectivity index (χ4n) is 1.77. The van der Waals surface area contributed by atoms with Crippen LogP contribution < -0.4 is 5.73 Å². The standard InChI is InChI=1S/C11H10F3N3O/c1-2-6-5-17(10(15)18)7-3-4-8(11(12,13)14)16-9(6)7/h3-5H,2H2,1H3,(H2,15,18). The van der Waals surface area contributed by atoms with Crippen molar-refractivity contribution < 1.29 is 18.0 Å². The third kappa shape index (κ3) is 1.92. The Morgan fingerprint density at radius 3 is 2.61 bits per heavy atom. The van der Waals surface area contributed by atoms with Crippen molar-refractivity contribution in [1.82, 2.24) is 9.55 Å². The average molecular weight is 257 g/mol. The van der Waals surface area contributed by atoms with Crippen LogP contribution >= 0.6 is 0 Å². The summed E-state index contributed by atoms with van der Waals surface area (Å²) >= 11 is 0. The Labute approximate surface area is 100 Å². The highest BCUT2D eigenvalue weighted by molar-refractivity contribution is 5.91. The number of amides is 1. The van der Waals surface area contributed by atoms with Crippen molar-refractivity contribution in [3.8, 4) is 0 Å². The first-order valence-corrected chi connectivity index (χ1v) is 5.22. The number of alkyl halides is 3. The summed E-state index contributed by atoms with van der Waals surface area (Å²) in [5, 5.41) is 0. The van der Waals surface area contributed by atoms with E-state index in [1.165, 1.54) is 12.3 Å². The maximum absolute atomic E-state index is 12.6. The Bertz CT molecular complexity index is 616. The molecule has 0 bridgehead atoms. The van der Waals surface area contributed by atoms with Crippen molar-refractivity contribution in [3.63, 3.8) is 0 Å². The summed E-state index contributed by atoms with van der Waals surface area (Å²) in [6, 6.07) is 1.29. The summed E-state index contributed by atoms with van der Waals surface area (Å²) in [7, 11) is 0. The molecular formula is C11H10F3N3O. The van der Waals surface area contributed by atoms with E-state index >= 15 is 0 Å². The number of rotatable bonds is 1. The van der Waals surface area contributed by atoms with Crippen LogP contribution in [0.1, 0.15) is 18.2 Å². The number of nitrogens with zero attached hydrogens (tertiary/aromatic N) is 2. The lowest BCUT2D eigenvalue weighted by molar-refractivity contribution is -0.140. The molecule has 2 aromatic heterocycles. The minimum Gasteiger partial charge on any atom is -0.351 e. The number of halogens is 3. The van der Waals surface area contributed by atoms with Gasteiger partial charge in [0.25, 0.3) is 0 Å². The number of carbonyl (C=O) groups excluding carboxylic acids is 1. The van der Waals surface area contributed by atoms with Crippen molar-refractivity contribution in [2.75, 3.05) is 0 Å². The van der Waals surface area contributed by atoms with Gasteiger partial charge in [0.1, 0.15) is 5.69 Å². The van der Waals surface area contributed by atoms with E-state index in [1.54, 1.807) is 6.92 Å². The lowest BCUT2D eigenvalue weighted by Gasteiger charge is -2.06. The molecule has 0 spiro atoms. The van der Waals surface area contributed by atoms with Gasteiger partial charge in [0.15, 0.2) is 0 Å². The topological polar surface area (TPSA) is 60.9 Å². The molecule has 2 rings (SSSR count). The second-order valence-corrected chi connectivity index (χ2v) is 3.78. The normalized spacial score (nSPS) is 12.0. The molecule has 0 atom stereocenters. The number of carbonyl (C=O) groups is 1. The summed E-state index contributed by atoms with van der Waals surface area (Å²) in [6.07, 6.45) is -2.63. The van der Waals surface area contributed by atoms with E-state index in [2.05, 4.69) is 4.98 Å². The van der Waals surface area contributed by atoms with Gasteiger partial charge in [-0.1, -0.05) is 6.92 Å². The Kier molecular flexibility index (Phi) is 2.76. The van der Waals surface area contributed by atoms with E-state index in [0.29, 0.717) is 12.0 Å². The van der Waals surface area contributed by atoms with Gasteiger partial charge in [0.2, 0.25) is 0 Å². The summed E-state index contributed by atoms with van der Waals surface area (Å²) in [5.41, 5.74) is 5.16. The molecule has 0 aliphatic rings. The maximum Gasteiger partial charge on any atom is 0.433 e. The van der Waals surface area contributed by atoms with Gasteiger partial charge in [0, 0.05) is 6.20 Å². The third-order valence-corrected chi connectivity index (χ3v) is 2.63. The zero-order valence-electron chi connectivity index (χ0n) is 9.45. The lowest BCUT2D eigenvalue weighted by atomic mass is 10.2. The molecule has 96 valence electrons. The number of fused-ring (bicyclic) bond motifs is 1. The zero-order chi connectivity index (χ0) is 13.5. The second kappa shape index (κ2) is 4.01. The van der Waals surface area contributed by atoms with E-state index in [-0.39, 0.29) is 11.0 Å². The molecule has 2 aromatic rings. The fraction of sp³-hybridized carbons (Fsp3) is 0.273. The quantitative estimate of drug-likeness (QED) is 0.853. The summed E-state index contributed by atoms with van der Waals surface area (Å²) in [6.45, 7) is 1.77. The van der Waals surface area contributed by atoms with Crippen LogP contribution in [0.3, 0.4) is 0 Å². The monoisotopic (exact) mass is 257 g/mol. The first-order chi connectivity index (χ1) is 8.34. The van der Waals surface area contributed by atoms with Crippen molar-refractivity contribution in [3.05, 3.63) is 29.6 Å². The van der Waals surface area contributed by atoms with Gasteiger partial charge in [-0.15, -0.1) is 0 Å². The number of hydrogen-bond donors (Lipinski definition) is 1. The Balaban J connectivity index is 2.73. The first-order valence-electron chi connectivity index (χ1n) is 5.22. The average Bonchev–Trinajstić information content (AvgIpc) is 2.65. The highest BCUT2D eigenvalue weighted by Gasteiger charge is 2.33. The molecule has 0 aliphatic heterocycles. The van der Waals surface area contributed by atoms with E-state index in [1.807, 2.05) is 0 Å². The number of primary amides is 1. The van der Waals surface area contributed by atoms with Gasteiger partial charge in [0.05, 0.1) is 11.0 Å². The molecule has 1 amide bonds. The van der Waals surface area contributed by atoms with Gasteiger partial charge < -0.3 is 5.73 Å². The third-order valence-electron chi connectivity index (χ3n) is 2.63. The van der Waals surface area contributed by atoms with E-state index < -0.39 is 17.9 Å². The number of aromatic nitrogens is 2. The Hall–Kier alpha value is -2.05. The second-order valence-electron chi connectivity index (χ2n) is 3.78. The predicted molar refractivity (Wildman–Crippen MR) is 59.1 cm³/mol. The molecule has 2 heterocycles. The molecule has 0 aromatic carbocycles. The molecule has 0 saturated carbocycles. The van der Waals surface area contributed by atoms with E-state index in [9.17, 15) is 18.0 Å². The first kappa shape index (κ1) is 12.4. The van der Waals surface area contributed by atoms with Crippen LogP contribution in [-0.2, 0) is 12.6 Å². The minimum absolute atomic E-state index is 0.158. The van der Waals surface area contributed by atoms with Gasteiger partial charge >= 0.3 is 12.2 Å². The number of aryl methyl sites for hydroxylation is 1. The van der Waals surface area contributed by atoms with Crippen LogP contribution in [0.5, 0.6) is 0 Å². The van der Waals surface area contributed by atoms with Gasteiger partial charge in [-0.25, -0.2) is 9.78 Å². The summed E-state index contributed by atoms with van der Waals surface area (Å²) < 4.78 is 38.8. The van der Waals surface area contributed by atoms with Crippen LogP contribution in [0, 0.1) is 0 Å². The Morgan fingerprint density at radius 1 is 1.44 bits per heavy atom. The highest BCUT2D eigenvalue weighted by Crippen LogP contribution is 2.30. The van der Waals surface area contributed by atoms with Crippen molar-refractivity contribution >= 4 is 17.1 Å². The molecule has 0 fully saturated rings. The van der Waals surface area contributed by atoms with Crippen LogP contribution in [0.4, 0.5) is 18.0 Å². The fourth-order valence-corrected chi connectivity index (χ4v) is 1.77. The predicted octanol–water partition coefficient (Wildman–Crippen LogP) is 2.54. The number of hydrogen-bond acceptors (Lipinski definition) is 2. The Morgan fingerprint density at radius 2 is 2.11 bits per heavy atom. The highest BCUT2D eigenvalue weighted by atomic mass is 19.4. The molecule has 0 saturated heterocycles. The lowest BCUT2D eigenvalue weighted by Crippen LogP contribution is -2.18. The molecule has 18 heavy (non-hydrogen) atoms.